The summed E-state index contributed by atoms with van der Waals surface area (Å²) >= 11 is 0. The summed E-state index contributed by atoms with van der Waals surface area (Å²) in [6.45, 7) is 6.25. The highest BCUT2D eigenvalue weighted by Gasteiger charge is 2.22. The van der Waals surface area contributed by atoms with Gasteiger partial charge in [0.15, 0.2) is 0 Å². The first-order valence-corrected chi connectivity index (χ1v) is 10.3. The summed E-state index contributed by atoms with van der Waals surface area (Å²) < 4.78 is 23.7. The van der Waals surface area contributed by atoms with E-state index in [-0.39, 0.29) is 18.5 Å². The van der Waals surface area contributed by atoms with Crippen molar-refractivity contribution in [1.82, 2.24) is 14.5 Å². The summed E-state index contributed by atoms with van der Waals surface area (Å²) in [6.07, 6.45) is 1.09. The van der Waals surface area contributed by atoms with Gasteiger partial charge in [-0.3, -0.25) is 9.69 Å². The number of anilines is 1. The topological polar surface area (TPSA) is 73.0 Å². The van der Waals surface area contributed by atoms with Crippen molar-refractivity contribution in [1.29, 1.82) is 0 Å². The summed E-state index contributed by atoms with van der Waals surface area (Å²) in [4.78, 5) is 16.6. The number of amides is 1. The van der Waals surface area contributed by atoms with Gasteiger partial charge in [0.2, 0.25) is 15.9 Å². The van der Waals surface area contributed by atoms with Crippen molar-refractivity contribution in [2.24, 2.45) is 0 Å². The van der Waals surface area contributed by atoms with Crippen LogP contribution in [0.5, 0.6) is 0 Å². The van der Waals surface area contributed by atoms with Gasteiger partial charge in [0.1, 0.15) is 0 Å². The van der Waals surface area contributed by atoms with Crippen LogP contribution in [-0.2, 0) is 14.8 Å². The highest BCUT2D eigenvalue weighted by molar-refractivity contribution is 7.88. The molecule has 140 valence electrons. The second-order valence-corrected chi connectivity index (χ2v) is 8.62. The largest absolute Gasteiger partial charge is 0.369 e. The Morgan fingerprint density at radius 3 is 2.36 bits per heavy atom. The number of hydrogen-bond acceptors (Lipinski definition) is 5. The fourth-order valence-electron chi connectivity index (χ4n) is 2.83. The van der Waals surface area contributed by atoms with Crippen molar-refractivity contribution in [3.63, 3.8) is 0 Å². The fraction of sp³-hybridized carbons (Fsp3) is 0.588. The Bertz CT molecular complexity index is 658. The van der Waals surface area contributed by atoms with Crippen LogP contribution >= 0.6 is 0 Å². The Morgan fingerprint density at radius 1 is 1.20 bits per heavy atom. The van der Waals surface area contributed by atoms with Gasteiger partial charge in [-0.15, -0.1) is 0 Å². The maximum Gasteiger partial charge on any atom is 0.235 e. The lowest BCUT2D eigenvalue weighted by atomic mass is 10.2. The van der Waals surface area contributed by atoms with E-state index in [9.17, 15) is 13.2 Å². The molecule has 0 bridgehead atoms. The van der Waals surface area contributed by atoms with Crippen molar-refractivity contribution in [3.8, 4) is 0 Å². The Morgan fingerprint density at radius 2 is 1.80 bits per heavy atom. The van der Waals surface area contributed by atoms with Gasteiger partial charge in [-0.25, -0.2) is 8.42 Å². The fourth-order valence-corrected chi connectivity index (χ4v) is 3.18. The molecular formula is C17H28N4O3S. The molecule has 1 aromatic carbocycles. The molecule has 1 saturated heterocycles. The minimum atomic E-state index is -3.33. The highest BCUT2D eigenvalue weighted by Crippen LogP contribution is 2.16. The third-order valence-corrected chi connectivity index (χ3v) is 5.85. The van der Waals surface area contributed by atoms with E-state index in [0.717, 1.165) is 36.7 Å². The number of carbonyl (C=O) groups is 1. The smallest absolute Gasteiger partial charge is 0.235 e. The number of sulfonamides is 1. The summed E-state index contributed by atoms with van der Waals surface area (Å²) in [7, 11) is -1.93. The molecule has 1 heterocycles. The molecule has 0 radical (unpaired) electrons. The van der Waals surface area contributed by atoms with Gasteiger partial charge < -0.3 is 10.2 Å². The molecule has 1 aliphatic heterocycles. The van der Waals surface area contributed by atoms with E-state index >= 15 is 0 Å². The monoisotopic (exact) mass is 368 g/mol. The van der Waals surface area contributed by atoms with Crippen molar-refractivity contribution < 1.29 is 13.2 Å². The molecular weight excluding hydrogens is 340 g/mol. The lowest BCUT2D eigenvalue weighted by Crippen LogP contribution is -2.53. The first-order chi connectivity index (χ1) is 11.8. The van der Waals surface area contributed by atoms with Crippen LogP contribution in [-0.4, -0.2) is 82.1 Å². The van der Waals surface area contributed by atoms with E-state index in [1.54, 1.807) is 0 Å². The number of para-hydroxylation sites is 1. The minimum Gasteiger partial charge on any atom is -0.369 e. The second kappa shape index (κ2) is 8.64. The number of likely N-dealkylation sites (N-methyl/N-ethyl adjacent to an activating group) is 1. The van der Waals surface area contributed by atoms with Gasteiger partial charge in [0.25, 0.3) is 0 Å². The van der Waals surface area contributed by atoms with Gasteiger partial charge in [-0.1, -0.05) is 18.2 Å². The van der Waals surface area contributed by atoms with E-state index < -0.39 is 10.0 Å². The zero-order valence-electron chi connectivity index (χ0n) is 15.2. The van der Waals surface area contributed by atoms with Crippen molar-refractivity contribution >= 4 is 21.6 Å². The summed E-state index contributed by atoms with van der Waals surface area (Å²) in [5.74, 6) is -0.275. The number of nitrogens with zero attached hydrogens (tertiary/aromatic N) is 3. The first-order valence-electron chi connectivity index (χ1n) is 8.49. The van der Waals surface area contributed by atoms with Gasteiger partial charge in [-0.2, -0.15) is 4.31 Å². The Hall–Kier alpha value is -1.64. The molecule has 7 nitrogen and oxygen atoms in total. The van der Waals surface area contributed by atoms with Gasteiger partial charge in [-0.05, 0) is 19.1 Å². The summed E-state index contributed by atoms with van der Waals surface area (Å²) in [6, 6.07) is 10.6. The number of carbonyl (C=O) groups excluding carboxylic acids is 1. The molecule has 25 heavy (non-hydrogen) atoms. The lowest BCUT2D eigenvalue weighted by molar-refractivity contribution is -0.121. The van der Waals surface area contributed by atoms with Crippen LogP contribution in [0.4, 0.5) is 5.69 Å². The standard InChI is InChI=1S/C17H28N4O3S/c1-15(13-18-17(22)14-19(2)25(3,23)24)20-9-11-21(12-10-20)16-7-5-4-6-8-16/h4-8,15H,9-14H2,1-3H3,(H,18,22). The van der Waals surface area contributed by atoms with Crippen LogP contribution in [0.2, 0.25) is 0 Å². The van der Waals surface area contributed by atoms with Gasteiger partial charge in [0.05, 0.1) is 12.8 Å². The van der Waals surface area contributed by atoms with E-state index in [0.29, 0.717) is 6.54 Å². The molecule has 1 amide bonds. The predicted octanol–water partition coefficient (Wildman–Crippen LogP) is 0.205. The number of benzene rings is 1. The molecule has 0 aliphatic carbocycles. The predicted molar refractivity (Wildman–Crippen MR) is 100 cm³/mol. The Balaban J connectivity index is 1.73. The van der Waals surface area contributed by atoms with Crippen LogP contribution in [0, 0.1) is 0 Å². The number of rotatable bonds is 7. The normalized spacial score (nSPS) is 17.5. The van der Waals surface area contributed by atoms with Crippen LogP contribution in [0.15, 0.2) is 30.3 Å². The summed E-state index contributed by atoms with van der Waals surface area (Å²) in [5.41, 5.74) is 1.24. The average Bonchev–Trinajstić information content (AvgIpc) is 2.59. The Labute approximate surface area is 150 Å². The van der Waals surface area contributed by atoms with E-state index in [4.69, 9.17) is 0 Å². The molecule has 2 rings (SSSR count). The third kappa shape index (κ3) is 5.98. The average molecular weight is 369 g/mol. The number of piperazine rings is 1. The molecule has 1 N–H and O–H groups in total. The van der Waals surface area contributed by atoms with Crippen LogP contribution < -0.4 is 10.2 Å². The van der Waals surface area contributed by atoms with Crippen LogP contribution in [0.1, 0.15) is 6.92 Å². The molecule has 0 aromatic heterocycles. The second-order valence-electron chi connectivity index (χ2n) is 6.53. The van der Waals surface area contributed by atoms with Crippen LogP contribution in [0.25, 0.3) is 0 Å². The summed E-state index contributed by atoms with van der Waals surface area (Å²) in [5, 5.41) is 2.83. The number of nitrogens with one attached hydrogen (secondary N) is 1. The van der Waals surface area contributed by atoms with E-state index in [1.807, 2.05) is 18.2 Å². The molecule has 1 aliphatic rings. The SMILES string of the molecule is CC(CNC(=O)CN(C)S(C)(=O)=O)N1CCN(c2ccccc2)CC1. The molecule has 1 aromatic rings. The lowest BCUT2D eigenvalue weighted by Gasteiger charge is -2.39. The van der Waals surface area contributed by atoms with Crippen molar-refractivity contribution in [2.75, 3.05) is 57.5 Å². The molecule has 8 heteroatoms. The molecule has 1 atom stereocenters. The van der Waals surface area contributed by atoms with Gasteiger partial charge >= 0.3 is 0 Å². The third-order valence-electron chi connectivity index (χ3n) is 4.59. The van der Waals surface area contributed by atoms with E-state index in [2.05, 4.69) is 34.2 Å². The van der Waals surface area contributed by atoms with Crippen LogP contribution in [0.3, 0.4) is 0 Å². The number of hydrogen-bond donors (Lipinski definition) is 1. The van der Waals surface area contributed by atoms with Crippen molar-refractivity contribution in [2.45, 2.75) is 13.0 Å². The molecule has 1 unspecified atom stereocenters. The first kappa shape index (κ1) is 19.7. The van der Waals surface area contributed by atoms with Gasteiger partial charge in [0, 0.05) is 51.5 Å². The molecule has 0 saturated carbocycles. The zero-order chi connectivity index (χ0) is 18.4. The zero-order valence-corrected chi connectivity index (χ0v) is 16.0. The highest BCUT2D eigenvalue weighted by atomic mass is 32.2. The maximum atomic E-state index is 11.9. The maximum absolute atomic E-state index is 11.9. The Kier molecular flexibility index (Phi) is 6.80. The van der Waals surface area contributed by atoms with E-state index in [1.165, 1.54) is 12.7 Å². The molecule has 1 fully saturated rings. The molecule has 0 spiro atoms. The quantitative estimate of drug-likeness (QED) is 0.745. The minimum absolute atomic E-state index is 0.145. The van der Waals surface area contributed by atoms with Crippen molar-refractivity contribution in [3.05, 3.63) is 30.3 Å².